The lowest BCUT2D eigenvalue weighted by molar-refractivity contribution is -0.117. The van der Waals surface area contributed by atoms with E-state index < -0.39 is 5.92 Å². The zero-order chi connectivity index (χ0) is 18.5. The lowest BCUT2D eigenvalue weighted by Gasteiger charge is -2.24. The quantitative estimate of drug-likeness (QED) is 0.901. The Kier molecular flexibility index (Phi) is 5.19. The topological polar surface area (TPSA) is 56.1 Å². The van der Waals surface area contributed by atoms with Crippen LogP contribution in [0.5, 0.6) is 0 Å². The van der Waals surface area contributed by atoms with Gasteiger partial charge in [0.1, 0.15) is 0 Å². The standard InChI is InChI=1S/C22H21N3O/c1-16-7-6-8-17(2)21(16)24-22(26)20-11-12-25(15-19(20)13-23)14-18-9-4-3-5-10-18/h3-12,15,20H,14H2,1-2H3,(H,24,26). The molecule has 1 N–H and O–H groups in total. The van der Waals surface area contributed by atoms with Gasteiger partial charge in [0.05, 0.1) is 17.6 Å². The fraction of sp³-hybridized carbons (Fsp3) is 0.182. The highest BCUT2D eigenvalue weighted by molar-refractivity contribution is 5.97. The molecule has 0 saturated carbocycles. The summed E-state index contributed by atoms with van der Waals surface area (Å²) in [5.41, 5.74) is 4.41. The molecule has 4 heteroatoms. The smallest absolute Gasteiger partial charge is 0.236 e. The number of aryl methyl sites for hydroxylation is 2. The van der Waals surface area contributed by atoms with Gasteiger partial charge in [0.15, 0.2) is 0 Å². The molecule has 0 aromatic heterocycles. The van der Waals surface area contributed by atoms with Crippen molar-refractivity contribution in [1.29, 1.82) is 5.26 Å². The fourth-order valence-electron chi connectivity index (χ4n) is 3.03. The van der Waals surface area contributed by atoms with Crippen LogP contribution in [0.2, 0.25) is 0 Å². The second-order valence-electron chi connectivity index (χ2n) is 6.43. The Morgan fingerprint density at radius 3 is 2.46 bits per heavy atom. The molecule has 0 saturated heterocycles. The van der Waals surface area contributed by atoms with Gasteiger partial charge in [-0.05, 0) is 30.5 Å². The fourth-order valence-corrected chi connectivity index (χ4v) is 3.03. The third kappa shape index (κ3) is 3.84. The monoisotopic (exact) mass is 343 g/mol. The minimum absolute atomic E-state index is 0.189. The van der Waals surface area contributed by atoms with Gasteiger partial charge in [-0.15, -0.1) is 0 Å². The van der Waals surface area contributed by atoms with Gasteiger partial charge in [0.25, 0.3) is 0 Å². The third-order valence-corrected chi connectivity index (χ3v) is 4.46. The van der Waals surface area contributed by atoms with E-state index in [9.17, 15) is 10.1 Å². The van der Waals surface area contributed by atoms with Gasteiger partial charge in [-0.2, -0.15) is 5.26 Å². The van der Waals surface area contributed by atoms with Crippen molar-refractivity contribution in [3.8, 4) is 6.07 Å². The molecule has 1 amide bonds. The predicted molar refractivity (Wildman–Crippen MR) is 103 cm³/mol. The van der Waals surface area contributed by atoms with Gasteiger partial charge >= 0.3 is 0 Å². The number of carbonyl (C=O) groups excluding carboxylic acids is 1. The summed E-state index contributed by atoms with van der Waals surface area (Å²) < 4.78 is 0. The number of rotatable bonds is 4. The van der Waals surface area contributed by atoms with E-state index in [0.717, 1.165) is 22.4 Å². The van der Waals surface area contributed by atoms with E-state index in [-0.39, 0.29) is 5.91 Å². The van der Waals surface area contributed by atoms with E-state index in [0.29, 0.717) is 12.1 Å². The van der Waals surface area contributed by atoms with Crippen molar-refractivity contribution >= 4 is 11.6 Å². The molecule has 0 aliphatic carbocycles. The Morgan fingerprint density at radius 2 is 1.81 bits per heavy atom. The highest BCUT2D eigenvalue weighted by Crippen LogP contribution is 2.25. The molecular formula is C22H21N3O. The zero-order valence-corrected chi connectivity index (χ0v) is 14.9. The number of nitrogens with one attached hydrogen (secondary N) is 1. The minimum Gasteiger partial charge on any atom is -0.349 e. The molecule has 1 aliphatic rings. The van der Waals surface area contributed by atoms with Crippen LogP contribution in [-0.2, 0) is 11.3 Å². The first-order valence-electron chi connectivity index (χ1n) is 8.55. The molecule has 1 heterocycles. The number of nitrogens with zero attached hydrogens (tertiary/aromatic N) is 2. The van der Waals surface area contributed by atoms with Crippen LogP contribution in [0.3, 0.4) is 0 Å². The number of hydrogen-bond donors (Lipinski definition) is 1. The van der Waals surface area contributed by atoms with Crippen molar-refractivity contribution < 1.29 is 4.79 Å². The minimum atomic E-state index is -0.578. The molecule has 2 aromatic rings. The SMILES string of the molecule is Cc1cccc(C)c1NC(=O)C1C=CN(Cc2ccccc2)C=C1C#N. The van der Waals surface area contributed by atoms with Crippen molar-refractivity contribution in [2.45, 2.75) is 20.4 Å². The molecule has 1 unspecified atom stereocenters. The van der Waals surface area contributed by atoms with Crippen LogP contribution in [0.4, 0.5) is 5.69 Å². The number of anilines is 1. The second-order valence-corrected chi connectivity index (χ2v) is 6.43. The number of benzene rings is 2. The number of hydrogen-bond acceptors (Lipinski definition) is 3. The molecule has 2 aromatic carbocycles. The lowest BCUT2D eigenvalue weighted by Crippen LogP contribution is -2.27. The van der Waals surface area contributed by atoms with Crippen molar-refractivity contribution in [2.75, 3.05) is 5.32 Å². The maximum atomic E-state index is 12.7. The molecule has 0 spiro atoms. The Hall–Kier alpha value is -3.32. The van der Waals surface area contributed by atoms with E-state index in [1.807, 2.05) is 73.5 Å². The van der Waals surface area contributed by atoms with Gasteiger partial charge < -0.3 is 10.2 Å². The van der Waals surface area contributed by atoms with Crippen LogP contribution in [0.1, 0.15) is 16.7 Å². The van der Waals surface area contributed by atoms with Gasteiger partial charge in [0, 0.05) is 24.6 Å². The molecule has 0 fully saturated rings. The lowest BCUT2D eigenvalue weighted by atomic mass is 9.96. The first kappa shape index (κ1) is 17.5. The maximum absolute atomic E-state index is 12.7. The average molecular weight is 343 g/mol. The highest BCUT2D eigenvalue weighted by atomic mass is 16.1. The number of carbonyl (C=O) groups is 1. The van der Waals surface area contributed by atoms with E-state index in [1.165, 1.54) is 0 Å². The summed E-state index contributed by atoms with van der Waals surface area (Å²) in [5.74, 6) is -0.767. The van der Waals surface area contributed by atoms with E-state index >= 15 is 0 Å². The predicted octanol–water partition coefficient (Wildman–Crippen LogP) is 4.30. The molecule has 0 radical (unpaired) electrons. The summed E-state index contributed by atoms with van der Waals surface area (Å²) in [4.78, 5) is 14.7. The number of nitriles is 1. The molecular weight excluding hydrogens is 322 g/mol. The van der Waals surface area contributed by atoms with Gasteiger partial charge in [-0.25, -0.2) is 0 Å². The molecule has 1 atom stereocenters. The summed E-state index contributed by atoms with van der Waals surface area (Å²) >= 11 is 0. The van der Waals surface area contributed by atoms with Crippen molar-refractivity contribution in [3.63, 3.8) is 0 Å². The zero-order valence-electron chi connectivity index (χ0n) is 14.9. The number of para-hydroxylation sites is 1. The summed E-state index contributed by atoms with van der Waals surface area (Å²) in [6.07, 6.45) is 5.40. The van der Waals surface area contributed by atoms with Crippen LogP contribution >= 0.6 is 0 Å². The highest BCUT2D eigenvalue weighted by Gasteiger charge is 2.25. The van der Waals surface area contributed by atoms with Crippen LogP contribution in [0, 0.1) is 31.1 Å². The largest absolute Gasteiger partial charge is 0.349 e. The first-order chi connectivity index (χ1) is 12.6. The third-order valence-electron chi connectivity index (χ3n) is 4.46. The van der Waals surface area contributed by atoms with Crippen molar-refractivity contribution in [2.24, 2.45) is 5.92 Å². The van der Waals surface area contributed by atoms with Crippen LogP contribution in [-0.4, -0.2) is 10.8 Å². The first-order valence-corrected chi connectivity index (χ1v) is 8.55. The van der Waals surface area contributed by atoms with Crippen molar-refractivity contribution in [1.82, 2.24) is 4.90 Å². The van der Waals surface area contributed by atoms with Crippen LogP contribution in [0.15, 0.2) is 72.6 Å². The van der Waals surface area contributed by atoms with Crippen LogP contribution < -0.4 is 5.32 Å². The molecule has 130 valence electrons. The van der Waals surface area contributed by atoms with E-state index in [4.69, 9.17) is 0 Å². The Labute approximate surface area is 154 Å². The molecule has 3 rings (SSSR count). The van der Waals surface area contributed by atoms with E-state index in [2.05, 4.69) is 11.4 Å². The summed E-state index contributed by atoms with van der Waals surface area (Å²) in [5, 5.41) is 12.5. The van der Waals surface area contributed by atoms with Gasteiger partial charge in [-0.3, -0.25) is 4.79 Å². The van der Waals surface area contributed by atoms with Crippen LogP contribution in [0.25, 0.3) is 0 Å². The van der Waals surface area contributed by atoms with E-state index in [1.54, 1.807) is 12.3 Å². The van der Waals surface area contributed by atoms with Gasteiger partial charge in [0.2, 0.25) is 5.91 Å². The maximum Gasteiger partial charge on any atom is 0.236 e. The molecule has 1 aliphatic heterocycles. The Bertz CT molecular complexity index is 886. The summed E-state index contributed by atoms with van der Waals surface area (Å²) in [6, 6.07) is 18.1. The normalized spacial score (nSPS) is 16.0. The summed E-state index contributed by atoms with van der Waals surface area (Å²) in [7, 11) is 0. The number of amides is 1. The Balaban J connectivity index is 1.75. The summed E-state index contributed by atoms with van der Waals surface area (Å²) in [6.45, 7) is 4.58. The Morgan fingerprint density at radius 1 is 1.12 bits per heavy atom. The second kappa shape index (κ2) is 7.71. The average Bonchev–Trinajstić information content (AvgIpc) is 2.65. The molecule has 0 bridgehead atoms. The van der Waals surface area contributed by atoms with Crippen molar-refractivity contribution in [3.05, 3.63) is 89.3 Å². The molecule has 4 nitrogen and oxygen atoms in total. The molecule has 26 heavy (non-hydrogen) atoms. The van der Waals surface area contributed by atoms with Gasteiger partial charge in [-0.1, -0.05) is 54.6 Å².